The summed E-state index contributed by atoms with van der Waals surface area (Å²) >= 11 is 0. The number of hydrogen-bond acceptors (Lipinski definition) is 4. The summed E-state index contributed by atoms with van der Waals surface area (Å²) in [6.45, 7) is 9.88. The number of anilines is 1. The van der Waals surface area contributed by atoms with Crippen molar-refractivity contribution in [1.29, 1.82) is 0 Å². The van der Waals surface area contributed by atoms with Gasteiger partial charge >= 0.3 is 6.01 Å². The van der Waals surface area contributed by atoms with E-state index in [4.69, 9.17) is 4.52 Å². The molecule has 1 aromatic rings. The molecular formula is C14H25N3O. The molecule has 4 nitrogen and oxygen atoms in total. The van der Waals surface area contributed by atoms with Crippen molar-refractivity contribution in [2.45, 2.75) is 59.3 Å². The van der Waals surface area contributed by atoms with E-state index < -0.39 is 0 Å². The Morgan fingerprint density at radius 3 is 2.61 bits per heavy atom. The van der Waals surface area contributed by atoms with Crippen molar-refractivity contribution >= 4 is 6.01 Å². The van der Waals surface area contributed by atoms with Crippen molar-refractivity contribution in [3.05, 3.63) is 5.82 Å². The van der Waals surface area contributed by atoms with Gasteiger partial charge in [0.05, 0.1) is 0 Å². The van der Waals surface area contributed by atoms with Crippen LogP contribution in [0.3, 0.4) is 0 Å². The number of nitrogens with zero attached hydrogens (tertiary/aromatic N) is 2. The van der Waals surface area contributed by atoms with Crippen molar-refractivity contribution in [3.63, 3.8) is 0 Å². The molecule has 1 aliphatic carbocycles. The summed E-state index contributed by atoms with van der Waals surface area (Å²) in [6, 6.07) is 0.573. The molecule has 4 heteroatoms. The van der Waals surface area contributed by atoms with Gasteiger partial charge in [0, 0.05) is 12.5 Å². The van der Waals surface area contributed by atoms with Crippen molar-refractivity contribution in [3.8, 4) is 0 Å². The third-order valence-electron chi connectivity index (χ3n) is 3.81. The van der Waals surface area contributed by atoms with Crippen molar-refractivity contribution in [2.75, 3.05) is 11.9 Å². The Morgan fingerprint density at radius 2 is 2.00 bits per heavy atom. The molecule has 0 aromatic carbocycles. The van der Waals surface area contributed by atoms with Gasteiger partial charge in [-0.25, -0.2) is 0 Å². The number of rotatable bonds is 4. The highest BCUT2D eigenvalue weighted by Crippen LogP contribution is 2.41. The van der Waals surface area contributed by atoms with Crippen LogP contribution in [0.4, 0.5) is 6.01 Å². The molecule has 2 rings (SSSR count). The van der Waals surface area contributed by atoms with E-state index in [-0.39, 0.29) is 0 Å². The summed E-state index contributed by atoms with van der Waals surface area (Å²) in [6.07, 6.45) is 4.86. The predicted octanol–water partition coefficient (Wildman–Crippen LogP) is 3.82. The molecule has 18 heavy (non-hydrogen) atoms. The van der Waals surface area contributed by atoms with Gasteiger partial charge in [-0.3, -0.25) is 0 Å². The smallest absolute Gasteiger partial charge is 0.321 e. The van der Waals surface area contributed by atoms with Crippen LogP contribution in [-0.4, -0.2) is 16.7 Å². The van der Waals surface area contributed by atoms with Crippen molar-refractivity contribution in [1.82, 2.24) is 10.1 Å². The van der Waals surface area contributed by atoms with Gasteiger partial charge < -0.3 is 9.84 Å². The Labute approximate surface area is 110 Å². The Hall–Kier alpha value is -1.06. The molecule has 0 unspecified atom stereocenters. The van der Waals surface area contributed by atoms with E-state index in [1.807, 2.05) is 0 Å². The Morgan fingerprint density at radius 1 is 1.33 bits per heavy atom. The number of hydrogen-bond donors (Lipinski definition) is 1. The van der Waals surface area contributed by atoms with Gasteiger partial charge in [-0.1, -0.05) is 32.9 Å². The van der Waals surface area contributed by atoms with E-state index >= 15 is 0 Å². The van der Waals surface area contributed by atoms with Crippen LogP contribution in [0.25, 0.3) is 0 Å². The topological polar surface area (TPSA) is 51.0 Å². The first-order valence-corrected chi connectivity index (χ1v) is 7.04. The highest BCUT2D eigenvalue weighted by molar-refractivity contribution is 5.19. The quantitative estimate of drug-likeness (QED) is 0.883. The van der Waals surface area contributed by atoms with Gasteiger partial charge in [-0.2, -0.15) is 4.98 Å². The zero-order chi connectivity index (χ0) is 13.2. The average Bonchev–Trinajstić information content (AvgIpc) is 2.75. The molecule has 1 heterocycles. The Kier molecular flexibility index (Phi) is 3.93. The molecule has 1 saturated carbocycles. The van der Waals surface area contributed by atoms with E-state index in [0.29, 0.717) is 23.3 Å². The average molecular weight is 251 g/mol. The molecule has 0 saturated heterocycles. The van der Waals surface area contributed by atoms with Crippen molar-refractivity contribution < 1.29 is 4.52 Å². The fraction of sp³-hybridized carbons (Fsp3) is 0.857. The maximum atomic E-state index is 5.25. The molecule has 0 aliphatic heterocycles. The highest BCUT2D eigenvalue weighted by atomic mass is 16.5. The van der Waals surface area contributed by atoms with Crippen LogP contribution < -0.4 is 5.32 Å². The first kappa shape index (κ1) is 13.4. The lowest BCUT2D eigenvalue weighted by Crippen LogP contribution is -2.20. The lowest BCUT2D eigenvalue weighted by molar-refractivity contribution is 0.218. The maximum absolute atomic E-state index is 5.25. The van der Waals surface area contributed by atoms with Crippen LogP contribution in [0.5, 0.6) is 0 Å². The first-order valence-electron chi connectivity index (χ1n) is 7.04. The molecule has 0 bridgehead atoms. The summed E-state index contributed by atoms with van der Waals surface area (Å²) in [7, 11) is 0. The molecule has 0 radical (unpaired) electrons. The van der Waals surface area contributed by atoms with Gasteiger partial charge in [-0.15, -0.1) is 0 Å². The van der Waals surface area contributed by atoms with E-state index in [2.05, 4.69) is 43.2 Å². The second kappa shape index (κ2) is 5.29. The fourth-order valence-electron chi connectivity index (χ4n) is 2.42. The standard InChI is InChI=1S/C14H25N3O/c1-10(2)9-15-13-16-12(17-18-13)11-5-7-14(3,4)8-6-11/h10-11H,5-9H2,1-4H3,(H,15,16,17). The van der Waals surface area contributed by atoms with Crippen LogP contribution in [0.2, 0.25) is 0 Å². The molecule has 1 N–H and O–H groups in total. The highest BCUT2D eigenvalue weighted by Gasteiger charge is 2.30. The second-order valence-electron chi connectivity index (χ2n) is 6.67. The molecule has 1 aliphatic rings. The molecule has 102 valence electrons. The minimum atomic E-state index is 0.483. The number of nitrogens with one attached hydrogen (secondary N) is 1. The largest absolute Gasteiger partial charge is 0.338 e. The van der Waals surface area contributed by atoms with E-state index in [1.165, 1.54) is 25.7 Å². The van der Waals surface area contributed by atoms with Gasteiger partial charge in [0.15, 0.2) is 5.82 Å². The molecule has 0 spiro atoms. The van der Waals surface area contributed by atoms with E-state index in [1.54, 1.807) is 0 Å². The SMILES string of the molecule is CC(C)CNc1nc(C2CCC(C)(C)CC2)no1. The van der Waals surface area contributed by atoms with E-state index in [9.17, 15) is 0 Å². The second-order valence-corrected chi connectivity index (χ2v) is 6.67. The summed E-state index contributed by atoms with van der Waals surface area (Å²) in [4.78, 5) is 4.46. The first-order chi connectivity index (χ1) is 8.46. The Bertz CT molecular complexity index is 374. The van der Waals surface area contributed by atoms with E-state index in [0.717, 1.165) is 12.4 Å². The monoisotopic (exact) mass is 251 g/mol. The molecule has 1 fully saturated rings. The Balaban J connectivity index is 1.90. The summed E-state index contributed by atoms with van der Waals surface area (Å²) in [5.41, 5.74) is 0.485. The van der Waals surface area contributed by atoms with Gasteiger partial charge in [-0.05, 0) is 37.0 Å². The van der Waals surface area contributed by atoms with Crippen molar-refractivity contribution in [2.24, 2.45) is 11.3 Å². The lowest BCUT2D eigenvalue weighted by Gasteiger charge is -2.32. The third kappa shape index (κ3) is 3.47. The zero-order valence-electron chi connectivity index (χ0n) is 12.0. The third-order valence-corrected chi connectivity index (χ3v) is 3.81. The summed E-state index contributed by atoms with van der Waals surface area (Å²) < 4.78 is 5.25. The molecule has 1 aromatic heterocycles. The van der Waals surface area contributed by atoms with Gasteiger partial charge in [0.25, 0.3) is 0 Å². The fourth-order valence-corrected chi connectivity index (χ4v) is 2.42. The molecule has 0 atom stereocenters. The minimum absolute atomic E-state index is 0.483. The van der Waals surface area contributed by atoms with Gasteiger partial charge in [0.1, 0.15) is 0 Å². The maximum Gasteiger partial charge on any atom is 0.321 e. The van der Waals surface area contributed by atoms with Crippen LogP contribution in [0.1, 0.15) is 65.1 Å². The lowest BCUT2D eigenvalue weighted by atomic mass is 9.73. The zero-order valence-corrected chi connectivity index (χ0v) is 12.0. The van der Waals surface area contributed by atoms with Crippen LogP contribution in [-0.2, 0) is 0 Å². The van der Waals surface area contributed by atoms with Gasteiger partial charge in [0.2, 0.25) is 0 Å². The number of aromatic nitrogens is 2. The molecular weight excluding hydrogens is 226 g/mol. The summed E-state index contributed by atoms with van der Waals surface area (Å²) in [5.74, 6) is 1.95. The van der Waals surface area contributed by atoms with Crippen LogP contribution in [0, 0.1) is 11.3 Å². The minimum Gasteiger partial charge on any atom is -0.338 e. The molecule has 0 amide bonds. The summed E-state index contributed by atoms with van der Waals surface area (Å²) in [5, 5.41) is 7.30. The van der Waals surface area contributed by atoms with Crippen LogP contribution in [0.15, 0.2) is 4.52 Å². The normalized spacial score (nSPS) is 20.3. The predicted molar refractivity (Wildman–Crippen MR) is 72.6 cm³/mol. The van der Waals surface area contributed by atoms with Crippen LogP contribution >= 0.6 is 0 Å².